The zero-order valence-electron chi connectivity index (χ0n) is 10.6. The maximum absolute atomic E-state index is 12.7. The van der Waals surface area contributed by atoms with E-state index in [9.17, 15) is 22.8 Å². The summed E-state index contributed by atoms with van der Waals surface area (Å²) >= 11 is 0. The van der Waals surface area contributed by atoms with E-state index in [4.69, 9.17) is 0 Å². The van der Waals surface area contributed by atoms with Crippen LogP contribution in [0.1, 0.15) is 18.1 Å². The first-order chi connectivity index (χ1) is 9.34. The Morgan fingerprint density at radius 2 is 1.90 bits per heavy atom. The molecule has 1 aromatic rings. The van der Waals surface area contributed by atoms with Crippen molar-refractivity contribution in [3.63, 3.8) is 0 Å². The Labute approximate surface area is 113 Å². The SMILES string of the molecule is CCOC(=O)NC(=O)NCc1ccccc1C(F)(F)F. The van der Waals surface area contributed by atoms with Gasteiger partial charge in [-0.05, 0) is 18.6 Å². The number of hydrogen-bond donors (Lipinski definition) is 2. The van der Waals surface area contributed by atoms with Gasteiger partial charge in [-0.2, -0.15) is 13.2 Å². The number of carbonyl (C=O) groups is 2. The molecular formula is C12H13F3N2O3. The number of rotatable bonds is 3. The monoisotopic (exact) mass is 290 g/mol. The van der Waals surface area contributed by atoms with E-state index in [1.807, 2.05) is 5.32 Å². The van der Waals surface area contributed by atoms with Gasteiger partial charge >= 0.3 is 18.3 Å². The summed E-state index contributed by atoms with van der Waals surface area (Å²) in [6.45, 7) is 1.27. The second kappa shape index (κ2) is 6.78. The molecule has 0 spiro atoms. The number of imide groups is 1. The Balaban J connectivity index is 2.62. The summed E-state index contributed by atoms with van der Waals surface area (Å²) < 4.78 is 42.5. The minimum Gasteiger partial charge on any atom is -0.450 e. The molecule has 8 heteroatoms. The van der Waals surface area contributed by atoms with Crippen molar-refractivity contribution >= 4 is 12.1 Å². The van der Waals surface area contributed by atoms with Crippen LogP contribution in [0.4, 0.5) is 22.8 Å². The molecule has 0 aliphatic heterocycles. The summed E-state index contributed by atoms with van der Waals surface area (Å²) in [7, 11) is 0. The highest BCUT2D eigenvalue weighted by Crippen LogP contribution is 2.31. The van der Waals surface area contributed by atoms with Gasteiger partial charge in [0.1, 0.15) is 0 Å². The van der Waals surface area contributed by atoms with Crippen LogP contribution in [-0.4, -0.2) is 18.7 Å². The van der Waals surface area contributed by atoms with Gasteiger partial charge in [0.15, 0.2) is 0 Å². The molecule has 0 atom stereocenters. The van der Waals surface area contributed by atoms with Crippen molar-refractivity contribution in [2.24, 2.45) is 0 Å². The highest BCUT2D eigenvalue weighted by molar-refractivity contribution is 5.90. The van der Waals surface area contributed by atoms with E-state index in [-0.39, 0.29) is 18.7 Å². The topological polar surface area (TPSA) is 67.4 Å². The Bertz CT molecular complexity index is 489. The van der Waals surface area contributed by atoms with Gasteiger partial charge in [0.2, 0.25) is 0 Å². The third kappa shape index (κ3) is 4.79. The van der Waals surface area contributed by atoms with E-state index in [1.165, 1.54) is 18.2 Å². The van der Waals surface area contributed by atoms with Crippen molar-refractivity contribution in [2.75, 3.05) is 6.61 Å². The molecule has 2 N–H and O–H groups in total. The lowest BCUT2D eigenvalue weighted by atomic mass is 10.1. The fraction of sp³-hybridized carbons (Fsp3) is 0.333. The molecule has 0 radical (unpaired) electrons. The van der Waals surface area contributed by atoms with Crippen molar-refractivity contribution in [3.8, 4) is 0 Å². The van der Waals surface area contributed by atoms with Crippen molar-refractivity contribution < 1.29 is 27.5 Å². The molecule has 0 aliphatic rings. The molecule has 0 heterocycles. The third-order valence-corrected chi connectivity index (χ3v) is 2.25. The first kappa shape index (κ1) is 15.8. The quantitative estimate of drug-likeness (QED) is 0.899. The first-order valence-electron chi connectivity index (χ1n) is 5.71. The van der Waals surface area contributed by atoms with E-state index < -0.39 is 23.9 Å². The Kier molecular flexibility index (Phi) is 5.36. The average molecular weight is 290 g/mol. The summed E-state index contributed by atoms with van der Waals surface area (Å²) in [6, 6.07) is 3.91. The number of halogens is 3. The molecule has 0 aromatic heterocycles. The largest absolute Gasteiger partial charge is 0.450 e. The molecule has 0 aliphatic carbocycles. The van der Waals surface area contributed by atoms with Crippen molar-refractivity contribution in [3.05, 3.63) is 35.4 Å². The van der Waals surface area contributed by atoms with E-state index in [0.717, 1.165) is 6.07 Å². The Morgan fingerprint density at radius 1 is 1.25 bits per heavy atom. The Hall–Kier alpha value is -2.25. The second-order valence-electron chi connectivity index (χ2n) is 3.68. The lowest BCUT2D eigenvalue weighted by molar-refractivity contribution is -0.138. The van der Waals surface area contributed by atoms with Gasteiger partial charge < -0.3 is 10.1 Å². The van der Waals surface area contributed by atoms with E-state index in [0.29, 0.717) is 0 Å². The predicted octanol–water partition coefficient (Wildman–Crippen LogP) is 2.66. The fourth-order valence-corrected chi connectivity index (χ4v) is 1.43. The second-order valence-corrected chi connectivity index (χ2v) is 3.68. The van der Waals surface area contributed by atoms with Gasteiger partial charge in [-0.3, -0.25) is 0 Å². The van der Waals surface area contributed by atoms with Gasteiger partial charge in [-0.1, -0.05) is 18.2 Å². The van der Waals surface area contributed by atoms with Crippen LogP contribution < -0.4 is 10.6 Å². The number of carbonyl (C=O) groups excluding carboxylic acids is 2. The fourth-order valence-electron chi connectivity index (χ4n) is 1.43. The zero-order valence-corrected chi connectivity index (χ0v) is 10.6. The van der Waals surface area contributed by atoms with E-state index in [2.05, 4.69) is 10.1 Å². The summed E-state index contributed by atoms with van der Waals surface area (Å²) in [5.41, 5.74) is -0.935. The van der Waals surface area contributed by atoms with Crippen LogP contribution in [-0.2, 0) is 17.5 Å². The number of benzene rings is 1. The summed E-state index contributed by atoms with van der Waals surface area (Å²) in [5, 5.41) is 3.97. The number of alkyl halides is 3. The third-order valence-electron chi connectivity index (χ3n) is 2.25. The summed E-state index contributed by atoms with van der Waals surface area (Å²) in [6.07, 6.45) is -5.47. The van der Waals surface area contributed by atoms with Crippen LogP contribution in [0.2, 0.25) is 0 Å². The van der Waals surface area contributed by atoms with Gasteiger partial charge in [0.05, 0.1) is 12.2 Å². The first-order valence-corrected chi connectivity index (χ1v) is 5.71. The molecule has 20 heavy (non-hydrogen) atoms. The van der Waals surface area contributed by atoms with Gasteiger partial charge in [0, 0.05) is 6.54 Å². The standard InChI is InChI=1S/C12H13F3N2O3/c1-2-20-11(19)17-10(18)16-7-8-5-3-4-6-9(8)12(13,14)15/h3-6H,2,7H2,1H3,(H2,16,17,18,19). The molecule has 1 aromatic carbocycles. The molecule has 3 amide bonds. The van der Waals surface area contributed by atoms with Crippen LogP contribution in [0, 0.1) is 0 Å². The lowest BCUT2D eigenvalue weighted by Gasteiger charge is -2.13. The normalized spacial score (nSPS) is 10.8. The Morgan fingerprint density at radius 3 is 2.50 bits per heavy atom. The van der Waals surface area contributed by atoms with Crippen molar-refractivity contribution in [1.29, 1.82) is 0 Å². The van der Waals surface area contributed by atoms with Gasteiger partial charge in [0.25, 0.3) is 0 Å². The zero-order chi connectivity index (χ0) is 15.2. The van der Waals surface area contributed by atoms with Crippen LogP contribution in [0.5, 0.6) is 0 Å². The molecular weight excluding hydrogens is 277 g/mol. The highest BCUT2D eigenvalue weighted by Gasteiger charge is 2.32. The number of amides is 3. The molecule has 5 nitrogen and oxygen atoms in total. The number of ether oxygens (including phenoxy) is 1. The highest BCUT2D eigenvalue weighted by atomic mass is 19.4. The van der Waals surface area contributed by atoms with Crippen LogP contribution in [0.25, 0.3) is 0 Å². The summed E-state index contributed by atoms with van der Waals surface area (Å²) in [4.78, 5) is 22.2. The van der Waals surface area contributed by atoms with E-state index in [1.54, 1.807) is 6.92 Å². The minimum absolute atomic E-state index is 0.0794. The maximum atomic E-state index is 12.7. The maximum Gasteiger partial charge on any atom is 0.416 e. The predicted molar refractivity (Wildman–Crippen MR) is 63.8 cm³/mol. The van der Waals surface area contributed by atoms with Crippen LogP contribution in [0.3, 0.4) is 0 Å². The van der Waals surface area contributed by atoms with Crippen LogP contribution in [0.15, 0.2) is 24.3 Å². The summed E-state index contributed by atoms with van der Waals surface area (Å²) in [5.74, 6) is 0. The van der Waals surface area contributed by atoms with Gasteiger partial charge in [-0.15, -0.1) is 0 Å². The number of hydrogen-bond acceptors (Lipinski definition) is 3. The van der Waals surface area contributed by atoms with Crippen molar-refractivity contribution in [1.82, 2.24) is 10.6 Å². The number of nitrogens with one attached hydrogen (secondary N) is 2. The number of urea groups is 1. The molecule has 0 unspecified atom stereocenters. The van der Waals surface area contributed by atoms with Crippen molar-refractivity contribution in [2.45, 2.75) is 19.6 Å². The average Bonchev–Trinajstić information content (AvgIpc) is 2.36. The molecule has 110 valence electrons. The molecule has 0 saturated heterocycles. The molecule has 0 bridgehead atoms. The smallest absolute Gasteiger partial charge is 0.416 e. The van der Waals surface area contributed by atoms with E-state index >= 15 is 0 Å². The van der Waals surface area contributed by atoms with Crippen LogP contribution >= 0.6 is 0 Å². The minimum atomic E-state index is -4.50. The van der Waals surface area contributed by atoms with Gasteiger partial charge in [-0.25, -0.2) is 14.9 Å². The molecule has 0 saturated carbocycles. The number of alkyl carbamates (subject to hydrolysis) is 1. The molecule has 1 rings (SSSR count). The lowest BCUT2D eigenvalue weighted by Crippen LogP contribution is -2.39. The molecule has 0 fully saturated rings.